The van der Waals surface area contributed by atoms with Gasteiger partial charge in [-0.2, -0.15) is 0 Å². The summed E-state index contributed by atoms with van der Waals surface area (Å²) in [6.07, 6.45) is 0.306. The molecular formula is C28H31BrFN3O4S. The molecule has 0 heterocycles. The van der Waals surface area contributed by atoms with Crippen LogP contribution < -0.4 is 9.62 Å². The van der Waals surface area contributed by atoms with Gasteiger partial charge < -0.3 is 10.2 Å². The minimum Gasteiger partial charge on any atom is -0.355 e. The first kappa shape index (κ1) is 29.3. The molecule has 38 heavy (non-hydrogen) atoms. The number of nitrogens with one attached hydrogen (secondary N) is 1. The van der Waals surface area contributed by atoms with Crippen molar-refractivity contribution >= 4 is 43.5 Å². The Morgan fingerprint density at radius 2 is 1.66 bits per heavy atom. The molecule has 2 amide bonds. The molecule has 3 aromatic rings. The molecule has 3 rings (SSSR count). The van der Waals surface area contributed by atoms with Crippen molar-refractivity contribution in [2.75, 3.05) is 17.4 Å². The maximum atomic E-state index is 13.9. The average molecular weight is 605 g/mol. The van der Waals surface area contributed by atoms with Gasteiger partial charge in [0, 0.05) is 17.6 Å². The minimum atomic E-state index is -4.14. The van der Waals surface area contributed by atoms with E-state index >= 15 is 0 Å². The zero-order valence-electron chi connectivity index (χ0n) is 21.5. The maximum Gasteiger partial charge on any atom is 0.264 e. The van der Waals surface area contributed by atoms with Gasteiger partial charge >= 0.3 is 0 Å². The molecule has 7 nitrogen and oxygen atoms in total. The van der Waals surface area contributed by atoms with Crippen molar-refractivity contribution < 1.29 is 22.4 Å². The maximum absolute atomic E-state index is 13.9. The van der Waals surface area contributed by atoms with Crippen molar-refractivity contribution in [3.8, 4) is 0 Å². The van der Waals surface area contributed by atoms with Gasteiger partial charge in [0.15, 0.2) is 0 Å². The Morgan fingerprint density at radius 1 is 1.00 bits per heavy atom. The van der Waals surface area contributed by atoms with E-state index < -0.39 is 34.3 Å². The highest BCUT2D eigenvalue weighted by atomic mass is 79.9. The Kier molecular flexibility index (Phi) is 10.0. The van der Waals surface area contributed by atoms with E-state index in [1.807, 2.05) is 6.92 Å². The SMILES string of the molecule is CCNC(=O)[C@H](CC)N(Cc1ccc(F)cc1)C(=O)CN(c1cccc(Br)c1)S(=O)(=O)c1ccc(C)cc1. The topological polar surface area (TPSA) is 86.8 Å². The first-order valence-corrected chi connectivity index (χ1v) is 14.5. The van der Waals surface area contributed by atoms with E-state index in [-0.39, 0.29) is 17.3 Å². The highest BCUT2D eigenvalue weighted by Gasteiger charge is 2.33. The number of hydrogen-bond acceptors (Lipinski definition) is 4. The van der Waals surface area contributed by atoms with Crippen LogP contribution >= 0.6 is 15.9 Å². The standard InChI is InChI=1S/C28H31BrFN3O4S/c1-4-26(28(35)31-5-2)32(18-21-11-13-23(30)14-12-21)27(34)19-33(24-8-6-7-22(29)17-24)38(36,37)25-15-9-20(3)10-16-25/h6-17,26H,4-5,18-19H2,1-3H3,(H,31,35)/t26-/m0/s1. The van der Waals surface area contributed by atoms with Crippen molar-refractivity contribution in [1.29, 1.82) is 0 Å². The molecule has 0 unspecified atom stereocenters. The van der Waals surface area contributed by atoms with Gasteiger partial charge in [0.1, 0.15) is 18.4 Å². The number of nitrogens with zero attached hydrogens (tertiary/aromatic N) is 2. The zero-order valence-corrected chi connectivity index (χ0v) is 23.9. The van der Waals surface area contributed by atoms with Gasteiger partial charge in [0.25, 0.3) is 10.0 Å². The molecular weight excluding hydrogens is 573 g/mol. The number of likely N-dealkylation sites (N-methyl/N-ethyl adjacent to an activating group) is 1. The lowest BCUT2D eigenvalue weighted by Crippen LogP contribution is -2.52. The summed E-state index contributed by atoms with van der Waals surface area (Å²) in [7, 11) is -4.14. The molecule has 0 fully saturated rings. The van der Waals surface area contributed by atoms with Gasteiger partial charge in [-0.1, -0.05) is 58.7 Å². The van der Waals surface area contributed by atoms with Crippen LogP contribution in [0.4, 0.5) is 10.1 Å². The van der Waals surface area contributed by atoms with Crippen LogP contribution in [0, 0.1) is 12.7 Å². The predicted octanol–water partition coefficient (Wildman–Crippen LogP) is 5.04. The highest BCUT2D eigenvalue weighted by molar-refractivity contribution is 9.10. The second-order valence-electron chi connectivity index (χ2n) is 8.77. The molecule has 3 aromatic carbocycles. The molecule has 0 aliphatic heterocycles. The fourth-order valence-electron chi connectivity index (χ4n) is 4.00. The number of carbonyl (C=O) groups excluding carboxylic acids is 2. The summed E-state index contributed by atoms with van der Waals surface area (Å²) < 4.78 is 42.8. The monoisotopic (exact) mass is 603 g/mol. The van der Waals surface area contributed by atoms with Gasteiger partial charge in [0.05, 0.1) is 10.6 Å². The molecule has 0 spiro atoms. The van der Waals surface area contributed by atoms with Crippen molar-refractivity contribution in [2.24, 2.45) is 0 Å². The van der Waals surface area contributed by atoms with Gasteiger partial charge in [-0.05, 0) is 68.3 Å². The smallest absolute Gasteiger partial charge is 0.264 e. The number of hydrogen-bond donors (Lipinski definition) is 1. The van der Waals surface area contributed by atoms with Crippen LogP contribution in [0.3, 0.4) is 0 Å². The number of anilines is 1. The van der Waals surface area contributed by atoms with Crippen molar-refractivity contribution in [3.63, 3.8) is 0 Å². The van der Waals surface area contributed by atoms with Gasteiger partial charge in [-0.3, -0.25) is 13.9 Å². The molecule has 0 bridgehead atoms. The molecule has 0 aromatic heterocycles. The number of aryl methyl sites for hydroxylation is 1. The summed E-state index contributed by atoms with van der Waals surface area (Å²) in [5, 5.41) is 2.75. The zero-order chi connectivity index (χ0) is 27.9. The fourth-order valence-corrected chi connectivity index (χ4v) is 5.79. The predicted molar refractivity (Wildman–Crippen MR) is 150 cm³/mol. The van der Waals surface area contributed by atoms with E-state index in [1.165, 1.54) is 41.3 Å². The van der Waals surface area contributed by atoms with E-state index in [9.17, 15) is 22.4 Å². The summed E-state index contributed by atoms with van der Waals surface area (Å²) in [5.41, 5.74) is 1.80. The van der Waals surface area contributed by atoms with Gasteiger partial charge in [-0.25, -0.2) is 12.8 Å². The van der Waals surface area contributed by atoms with E-state index in [0.29, 0.717) is 28.7 Å². The quantitative estimate of drug-likeness (QED) is 0.333. The number of amides is 2. The van der Waals surface area contributed by atoms with Crippen molar-refractivity contribution in [3.05, 3.63) is 94.2 Å². The molecule has 0 aliphatic rings. The lowest BCUT2D eigenvalue weighted by molar-refractivity contribution is -0.140. The van der Waals surface area contributed by atoms with E-state index in [0.717, 1.165) is 9.87 Å². The van der Waals surface area contributed by atoms with Crippen LogP contribution in [0.5, 0.6) is 0 Å². The van der Waals surface area contributed by atoms with Gasteiger partial charge in [0.2, 0.25) is 11.8 Å². The highest BCUT2D eigenvalue weighted by Crippen LogP contribution is 2.27. The van der Waals surface area contributed by atoms with Crippen LogP contribution in [0.15, 0.2) is 82.2 Å². The summed E-state index contributed by atoms with van der Waals surface area (Å²) in [5.74, 6) is -1.34. The first-order valence-electron chi connectivity index (χ1n) is 12.2. The van der Waals surface area contributed by atoms with Gasteiger partial charge in [-0.15, -0.1) is 0 Å². The number of rotatable bonds is 11. The summed E-state index contributed by atoms with van der Waals surface area (Å²) >= 11 is 3.38. The van der Waals surface area contributed by atoms with Crippen LogP contribution in [-0.4, -0.2) is 44.3 Å². The van der Waals surface area contributed by atoms with E-state index in [2.05, 4.69) is 21.2 Å². The third-order valence-electron chi connectivity index (χ3n) is 5.99. The molecule has 0 saturated heterocycles. The Balaban J connectivity index is 2.05. The first-order chi connectivity index (χ1) is 18.1. The summed E-state index contributed by atoms with van der Waals surface area (Å²) in [6, 6.07) is 17.8. The fraction of sp³-hybridized carbons (Fsp3) is 0.286. The molecule has 0 aliphatic carbocycles. The Morgan fingerprint density at radius 3 is 2.24 bits per heavy atom. The second kappa shape index (κ2) is 13.0. The van der Waals surface area contributed by atoms with Crippen LogP contribution in [0.1, 0.15) is 31.4 Å². The average Bonchev–Trinajstić information content (AvgIpc) is 2.88. The third kappa shape index (κ3) is 7.20. The Hall–Kier alpha value is -3.24. The summed E-state index contributed by atoms with van der Waals surface area (Å²) in [4.78, 5) is 28.2. The molecule has 0 saturated carbocycles. The van der Waals surface area contributed by atoms with E-state index in [1.54, 1.807) is 50.2 Å². The number of halogens is 2. The number of sulfonamides is 1. The molecule has 202 valence electrons. The lowest BCUT2D eigenvalue weighted by Gasteiger charge is -2.33. The van der Waals surface area contributed by atoms with E-state index in [4.69, 9.17) is 0 Å². The minimum absolute atomic E-state index is 0.00561. The Labute approximate surface area is 231 Å². The number of carbonyl (C=O) groups is 2. The molecule has 10 heteroatoms. The second-order valence-corrected chi connectivity index (χ2v) is 11.5. The largest absolute Gasteiger partial charge is 0.355 e. The molecule has 0 radical (unpaired) electrons. The van der Waals surface area contributed by atoms with Crippen molar-refractivity contribution in [2.45, 2.75) is 44.7 Å². The number of benzene rings is 3. The lowest BCUT2D eigenvalue weighted by atomic mass is 10.1. The van der Waals surface area contributed by atoms with Crippen molar-refractivity contribution in [1.82, 2.24) is 10.2 Å². The van der Waals surface area contributed by atoms with Crippen LogP contribution in [0.2, 0.25) is 0 Å². The normalized spacial score (nSPS) is 12.0. The Bertz CT molecular complexity index is 1370. The van der Waals surface area contributed by atoms with Crippen LogP contribution in [-0.2, 0) is 26.2 Å². The third-order valence-corrected chi connectivity index (χ3v) is 8.27. The summed E-state index contributed by atoms with van der Waals surface area (Å²) in [6.45, 7) is 5.25. The molecule has 1 N–H and O–H groups in total. The van der Waals surface area contributed by atoms with Crippen LogP contribution in [0.25, 0.3) is 0 Å². The molecule has 1 atom stereocenters.